The maximum atomic E-state index is 10.2. The first-order chi connectivity index (χ1) is 7.29. The Balaban J connectivity index is 2.00. The molecule has 0 unspecified atom stereocenters. The van der Waals surface area contributed by atoms with Gasteiger partial charge in [-0.2, -0.15) is 0 Å². The highest BCUT2D eigenvalue weighted by Crippen LogP contribution is 1.99. The van der Waals surface area contributed by atoms with Crippen molar-refractivity contribution in [2.24, 2.45) is 0 Å². The van der Waals surface area contributed by atoms with E-state index in [4.69, 9.17) is 9.84 Å². The molecule has 0 radical (unpaired) electrons. The number of pyridine rings is 1. The number of carboxylic acids is 1. The summed E-state index contributed by atoms with van der Waals surface area (Å²) in [6.45, 7) is 1.08. The number of ether oxygens (including phenoxy) is 1. The highest BCUT2D eigenvalue weighted by atomic mass is 16.5. The molecule has 0 aliphatic heterocycles. The van der Waals surface area contributed by atoms with E-state index in [-0.39, 0.29) is 6.42 Å². The van der Waals surface area contributed by atoms with Crippen LogP contribution in [0.4, 0.5) is 0 Å². The molecule has 0 aromatic carbocycles. The van der Waals surface area contributed by atoms with Gasteiger partial charge in [0.25, 0.3) is 0 Å². The molecule has 4 heteroatoms. The Kier molecular flexibility index (Phi) is 5.40. The van der Waals surface area contributed by atoms with E-state index in [9.17, 15) is 4.79 Å². The smallest absolute Gasteiger partial charge is 0.303 e. The van der Waals surface area contributed by atoms with Crippen LogP contribution in [0, 0.1) is 0 Å². The summed E-state index contributed by atoms with van der Waals surface area (Å²) in [5.41, 5.74) is 0.899. The molecule has 1 N–H and O–H groups in total. The second kappa shape index (κ2) is 6.95. The maximum absolute atomic E-state index is 10.2. The Bertz CT molecular complexity index is 287. The van der Waals surface area contributed by atoms with Gasteiger partial charge in [0, 0.05) is 19.2 Å². The molecule has 4 nitrogen and oxygen atoms in total. The van der Waals surface area contributed by atoms with Crippen molar-refractivity contribution < 1.29 is 14.6 Å². The van der Waals surface area contributed by atoms with Gasteiger partial charge in [0.2, 0.25) is 0 Å². The van der Waals surface area contributed by atoms with Crippen molar-refractivity contribution in [3.05, 3.63) is 30.1 Å². The van der Waals surface area contributed by atoms with E-state index in [1.54, 1.807) is 6.20 Å². The first-order valence-electron chi connectivity index (χ1n) is 4.98. The van der Waals surface area contributed by atoms with Crippen molar-refractivity contribution in [3.63, 3.8) is 0 Å². The van der Waals surface area contributed by atoms with Crippen molar-refractivity contribution in [1.82, 2.24) is 4.98 Å². The molecule has 0 atom stereocenters. The third-order valence-electron chi connectivity index (χ3n) is 1.91. The average Bonchev–Trinajstić information content (AvgIpc) is 2.24. The molecule has 1 heterocycles. The molecule has 1 aromatic heterocycles. The van der Waals surface area contributed by atoms with Crippen LogP contribution >= 0.6 is 0 Å². The minimum absolute atomic E-state index is 0.215. The summed E-state index contributed by atoms with van der Waals surface area (Å²) >= 11 is 0. The second-order valence-corrected chi connectivity index (χ2v) is 3.22. The molecular formula is C11H15NO3. The third kappa shape index (κ3) is 5.80. The van der Waals surface area contributed by atoms with Crippen LogP contribution in [0.25, 0.3) is 0 Å². The Morgan fingerprint density at radius 3 is 2.93 bits per heavy atom. The topological polar surface area (TPSA) is 59.4 Å². The van der Waals surface area contributed by atoms with Crippen LogP contribution in [-0.4, -0.2) is 22.7 Å². The predicted molar refractivity (Wildman–Crippen MR) is 55.4 cm³/mol. The van der Waals surface area contributed by atoms with Crippen molar-refractivity contribution in [2.75, 3.05) is 6.61 Å². The summed E-state index contributed by atoms with van der Waals surface area (Å²) in [7, 11) is 0. The number of carboxylic acid groups (broad SMARTS) is 1. The number of carbonyl (C=O) groups is 1. The summed E-state index contributed by atoms with van der Waals surface area (Å²) in [6.07, 6.45) is 3.38. The first-order valence-corrected chi connectivity index (χ1v) is 4.98. The van der Waals surface area contributed by atoms with Gasteiger partial charge in [-0.15, -0.1) is 0 Å². The van der Waals surface area contributed by atoms with Crippen molar-refractivity contribution in [2.45, 2.75) is 25.9 Å². The normalized spacial score (nSPS) is 10.1. The van der Waals surface area contributed by atoms with Crippen LogP contribution in [0.2, 0.25) is 0 Å². The number of unbranched alkanes of at least 4 members (excludes halogenated alkanes) is 1. The Morgan fingerprint density at radius 2 is 2.27 bits per heavy atom. The highest BCUT2D eigenvalue weighted by Gasteiger charge is 1.97. The van der Waals surface area contributed by atoms with E-state index in [2.05, 4.69) is 4.98 Å². The lowest BCUT2D eigenvalue weighted by Crippen LogP contribution is -1.99. The van der Waals surface area contributed by atoms with Crippen molar-refractivity contribution in [3.8, 4) is 0 Å². The monoisotopic (exact) mass is 209 g/mol. The number of rotatable bonds is 7. The molecule has 0 spiro atoms. The van der Waals surface area contributed by atoms with Gasteiger partial charge in [-0.25, -0.2) is 0 Å². The number of aromatic nitrogens is 1. The summed E-state index contributed by atoms with van der Waals surface area (Å²) in [4.78, 5) is 14.3. The fourth-order valence-corrected chi connectivity index (χ4v) is 1.14. The molecule has 0 saturated carbocycles. The van der Waals surface area contributed by atoms with Crippen LogP contribution in [0.15, 0.2) is 24.4 Å². The lowest BCUT2D eigenvalue weighted by Gasteiger charge is -2.02. The van der Waals surface area contributed by atoms with E-state index in [0.717, 1.165) is 12.1 Å². The molecular weight excluding hydrogens is 194 g/mol. The minimum atomic E-state index is -0.750. The lowest BCUT2D eigenvalue weighted by atomic mass is 10.2. The molecule has 0 fully saturated rings. The Hall–Kier alpha value is -1.42. The molecule has 15 heavy (non-hydrogen) atoms. The SMILES string of the molecule is O=C(O)CCCCOCc1ccccn1. The maximum Gasteiger partial charge on any atom is 0.303 e. The molecule has 0 aliphatic rings. The van der Waals surface area contributed by atoms with E-state index >= 15 is 0 Å². The van der Waals surface area contributed by atoms with Gasteiger partial charge in [0.1, 0.15) is 0 Å². The average molecular weight is 209 g/mol. The standard InChI is InChI=1S/C11H15NO3/c13-11(14)6-2-4-8-15-9-10-5-1-3-7-12-10/h1,3,5,7H,2,4,6,8-9H2,(H,13,14). The molecule has 0 amide bonds. The Morgan fingerprint density at radius 1 is 1.40 bits per heavy atom. The second-order valence-electron chi connectivity index (χ2n) is 3.22. The number of nitrogens with zero attached hydrogens (tertiary/aromatic N) is 1. The van der Waals surface area contributed by atoms with E-state index in [0.29, 0.717) is 19.6 Å². The van der Waals surface area contributed by atoms with Crippen molar-refractivity contribution >= 4 is 5.97 Å². The zero-order valence-electron chi connectivity index (χ0n) is 8.56. The summed E-state index contributed by atoms with van der Waals surface area (Å²) in [5.74, 6) is -0.750. The molecule has 0 aliphatic carbocycles. The van der Waals surface area contributed by atoms with Gasteiger partial charge in [-0.05, 0) is 25.0 Å². The zero-order valence-corrected chi connectivity index (χ0v) is 8.56. The van der Waals surface area contributed by atoms with Crippen LogP contribution in [0.3, 0.4) is 0 Å². The van der Waals surface area contributed by atoms with Gasteiger partial charge in [-0.1, -0.05) is 6.07 Å². The predicted octanol–water partition coefficient (Wildman–Crippen LogP) is 1.85. The largest absolute Gasteiger partial charge is 0.481 e. The molecule has 1 aromatic rings. The van der Waals surface area contributed by atoms with Gasteiger partial charge in [0.05, 0.1) is 12.3 Å². The van der Waals surface area contributed by atoms with Crippen molar-refractivity contribution in [1.29, 1.82) is 0 Å². The van der Waals surface area contributed by atoms with E-state index in [1.807, 2.05) is 18.2 Å². The Labute approximate surface area is 88.9 Å². The van der Waals surface area contributed by atoms with Gasteiger partial charge < -0.3 is 9.84 Å². The number of aliphatic carboxylic acids is 1. The van der Waals surface area contributed by atoms with Crippen LogP contribution in [0.5, 0.6) is 0 Å². The van der Waals surface area contributed by atoms with Crippen LogP contribution < -0.4 is 0 Å². The highest BCUT2D eigenvalue weighted by molar-refractivity contribution is 5.66. The zero-order chi connectivity index (χ0) is 10.9. The third-order valence-corrected chi connectivity index (χ3v) is 1.91. The van der Waals surface area contributed by atoms with E-state index in [1.165, 1.54) is 0 Å². The van der Waals surface area contributed by atoms with Crippen LogP contribution in [0.1, 0.15) is 25.0 Å². The molecule has 82 valence electrons. The first kappa shape index (κ1) is 11.7. The molecule has 1 rings (SSSR count). The summed E-state index contributed by atoms with van der Waals surface area (Å²) in [6, 6.07) is 5.67. The quantitative estimate of drug-likeness (QED) is 0.696. The summed E-state index contributed by atoms with van der Waals surface area (Å²) in [5, 5.41) is 8.40. The van der Waals surface area contributed by atoms with Gasteiger partial charge in [-0.3, -0.25) is 9.78 Å². The fraction of sp³-hybridized carbons (Fsp3) is 0.455. The molecule has 0 saturated heterocycles. The lowest BCUT2D eigenvalue weighted by molar-refractivity contribution is -0.137. The minimum Gasteiger partial charge on any atom is -0.481 e. The number of hydrogen-bond acceptors (Lipinski definition) is 3. The van der Waals surface area contributed by atoms with Crippen LogP contribution in [-0.2, 0) is 16.1 Å². The van der Waals surface area contributed by atoms with E-state index < -0.39 is 5.97 Å². The van der Waals surface area contributed by atoms with Gasteiger partial charge >= 0.3 is 5.97 Å². The summed E-state index contributed by atoms with van der Waals surface area (Å²) < 4.78 is 5.35. The molecule has 0 bridgehead atoms. The number of hydrogen-bond donors (Lipinski definition) is 1. The fourth-order valence-electron chi connectivity index (χ4n) is 1.14. The van der Waals surface area contributed by atoms with Gasteiger partial charge in [0.15, 0.2) is 0 Å².